The predicted molar refractivity (Wildman–Crippen MR) is 114 cm³/mol. The van der Waals surface area contributed by atoms with Gasteiger partial charge in [-0.05, 0) is 38.0 Å². The lowest BCUT2D eigenvalue weighted by molar-refractivity contribution is 0.0602. The van der Waals surface area contributed by atoms with Gasteiger partial charge in [0.2, 0.25) is 0 Å². The summed E-state index contributed by atoms with van der Waals surface area (Å²) in [5, 5.41) is 0.967. The SMILES string of the molecule is COCCOCc1cnc(C)nc1C1CCCN(C(=O)c2cccc3[nH]ccc23)C1. The molecule has 1 amide bonds. The van der Waals surface area contributed by atoms with E-state index in [1.54, 1.807) is 7.11 Å². The van der Waals surface area contributed by atoms with Crippen LogP contribution in [-0.2, 0) is 16.1 Å². The summed E-state index contributed by atoms with van der Waals surface area (Å²) < 4.78 is 10.8. The number of piperidine rings is 1. The zero-order valence-corrected chi connectivity index (χ0v) is 17.6. The van der Waals surface area contributed by atoms with Crippen molar-refractivity contribution < 1.29 is 14.3 Å². The second-order valence-electron chi connectivity index (χ2n) is 7.71. The number of hydrogen-bond donors (Lipinski definition) is 1. The van der Waals surface area contributed by atoms with Gasteiger partial charge >= 0.3 is 0 Å². The number of likely N-dealkylation sites (tertiary alicyclic amines) is 1. The Bertz CT molecular complexity index is 1020. The Kier molecular flexibility index (Phi) is 6.40. The molecular weight excluding hydrogens is 380 g/mol. The molecule has 0 saturated carbocycles. The summed E-state index contributed by atoms with van der Waals surface area (Å²) >= 11 is 0. The van der Waals surface area contributed by atoms with Crippen LogP contribution in [0.15, 0.2) is 36.7 Å². The molecule has 30 heavy (non-hydrogen) atoms. The zero-order chi connectivity index (χ0) is 20.9. The number of ether oxygens (including phenoxy) is 2. The van der Waals surface area contributed by atoms with Crippen molar-refractivity contribution in [2.45, 2.75) is 32.3 Å². The largest absolute Gasteiger partial charge is 0.382 e. The topological polar surface area (TPSA) is 80.3 Å². The van der Waals surface area contributed by atoms with E-state index in [0.29, 0.717) is 26.4 Å². The smallest absolute Gasteiger partial charge is 0.254 e. The van der Waals surface area contributed by atoms with Crippen molar-refractivity contribution in [3.05, 3.63) is 59.3 Å². The third-order valence-electron chi connectivity index (χ3n) is 5.63. The lowest BCUT2D eigenvalue weighted by Crippen LogP contribution is -2.39. The van der Waals surface area contributed by atoms with Crippen LogP contribution in [0.4, 0.5) is 0 Å². The Balaban J connectivity index is 1.53. The van der Waals surface area contributed by atoms with Crippen LogP contribution in [0.1, 0.15) is 46.2 Å². The number of nitrogens with one attached hydrogen (secondary N) is 1. The molecule has 1 atom stereocenters. The lowest BCUT2D eigenvalue weighted by Gasteiger charge is -2.33. The molecule has 1 aromatic carbocycles. The average Bonchev–Trinajstić information content (AvgIpc) is 3.26. The first-order valence-corrected chi connectivity index (χ1v) is 10.4. The molecule has 2 aromatic heterocycles. The molecule has 3 aromatic rings. The fourth-order valence-electron chi connectivity index (χ4n) is 4.13. The zero-order valence-electron chi connectivity index (χ0n) is 17.6. The highest BCUT2D eigenvalue weighted by atomic mass is 16.5. The fraction of sp³-hybridized carbons (Fsp3) is 0.435. The number of rotatable bonds is 7. The molecule has 0 aliphatic carbocycles. The number of aromatic amines is 1. The van der Waals surface area contributed by atoms with Crippen LogP contribution in [0.5, 0.6) is 0 Å². The molecule has 1 N–H and O–H groups in total. The third-order valence-corrected chi connectivity index (χ3v) is 5.63. The summed E-state index contributed by atoms with van der Waals surface area (Å²) in [6, 6.07) is 7.79. The van der Waals surface area contributed by atoms with Crippen LogP contribution in [0.3, 0.4) is 0 Å². The fourth-order valence-corrected chi connectivity index (χ4v) is 4.13. The number of amides is 1. The summed E-state index contributed by atoms with van der Waals surface area (Å²) in [5.41, 5.74) is 3.72. The molecule has 7 nitrogen and oxygen atoms in total. The molecule has 0 radical (unpaired) electrons. The lowest BCUT2D eigenvalue weighted by atomic mass is 9.91. The van der Waals surface area contributed by atoms with Crippen molar-refractivity contribution >= 4 is 16.8 Å². The molecule has 1 aliphatic heterocycles. The number of benzene rings is 1. The minimum absolute atomic E-state index is 0.0774. The van der Waals surface area contributed by atoms with Crippen molar-refractivity contribution in [3.63, 3.8) is 0 Å². The summed E-state index contributed by atoms with van der Waals surface area (Å²) in [6.45, 7) is 4.85. The molecule has 3 heterocycles. The second kappa shape index (κ2) is 9.36. The van der Waals surface area contributed by atoms with E-state index in [1.165, 1.54) is 0 Å². The Hall–Kier alpha value is -2.77. The molecule has 1 unspecified atom stereocenters. The normalized spacial score (nSPS) is 16.9. The standard InChI is InChI=1S/C23H28N4O3/c1-16-25-13-18(15-30-12-11-29-2)22(26-16)17-5-4-10-27(14-17)23(28)20-6-3-7-21-19(20)8-9-24-21/h3,6-9,13,17,24H,4-5,10-12,14-15H2,1-2H3. The van der Waals surface area contributed by atoms with Crippen molar-refractivity contribution in [2.75, 3.05) is 33.4 Å². The van der Waals surface area contributed by atoms with Gasteiger partial charge in [-0.2, -0.15) is 0 Å². The van der Waals surface area contributed by atoms with E-state index in [4.69, 9.17) is 14.5 Å². The van der Waals surface area contributed by atoms with E-state index < -0.39 is 0 Å². The van der Waals surface area contributed by atoms with E-state index in [0.717, 1.165) is 52.9 Å². The highest BCUT2D eigenvalue weighted by Gasteiger charge is 2.29. The number of carbonyl (C=O) groups excluding carboxylic acids is 1. The number of aryl methyl sites for hydroxylation is 1. The maximum absolute atomic E-state index is 13.3. The quantitative estimate of drug-likeness (QED) is 0.606. The highest BCUT2D eigenvalue weighted by Crippen LogP contribution is 2.30. The van der Waals surface area contributed by atoms with Gasteiger partial charge < -0.3 is 19.4 Å². The maximum atomic E-state index is 13.3. The van der Waals surface area contributed by atoms with Crippen molar-refractivity contribution in [1.82, 2.24) is 19.9 Å². The van der Waals surface area contributed by atoms with Gasteiger partial charge in [-0.15, -0.1) is 0 Å². The molecule has 0 spiro atoms. The molecule has 1 saturated heterocycles. The van der Waals surface area contributed by atoms with Crippen LogP contribution in [0.2, 0.25) is 0 Å². The van der Waals surface area contributed by atoms with Crippen LogP contribution >= 0.6 is 0 Å². The van der Waals surface area contributed by atoms with Crippen LogP contribution in [0, 0.1) is 6.92 Å². The van der Waals surface area contributed by atoms with Crippen LogP contribution in [0.25, 0.3) is 10.9 Å². The molecule has 0 bridgehead atoms. The van der Waals surface area contributed by atoms with Crippen molar-refractivity contribution in [1.29, 1.82) is 0 Å². The van der Waals surface area contributed by atoms with Gasteiger partial charge in [0.25, 0.3) is 5.91 Å². The number of fused-ring (bicyclic) bond motifs is 1. The number of nitrogens with zero attached hydrogens (tertiary/aromatic N) is 3. The molecule has 7 heteroatoms. The van der Waals surface area contributed by atoms with E-state index in [9.17, 15) is 4.79 Å². The maximum Gasteiger partial charge on any atom is 0.254 e. The number of carbonyl (C=O) groups is 1. The Morgan fingerprint density at radius 2 is 2.20 bits per heavy atom. The van der Waals surface area contributed by atoms with Crippen LogP contribution in [-0.4, -0.2) is 59.2 Å². The first-order valence-electron chi connectivity index (χ1n) is 10.4. The minimum atomic E-state index is 0.0774. The van der Waals surface area contributed by atoms with E-state index in [2.05, 4.69) is 9.97 Å². The van der Waals surface area contributed by atoms with Gasteiger partial charge in [0.05, 0.1) is 25.5 Å². The van der Waals surface area contributed by atoms with Gasteiger partial charge in [-0.3, -0.25) is 4.79 Å². The van der Waals surface area contributed by atoms with E-state index in [-0.39, 0.29) is 11.8 Å². The molecule has 4 rings (SSSR count). The van der Waals surface area contributed by atoms with E-state index in [1.807, 2.05) is 48.5 Å². The first-order chi connectivity index (χ1) is 14.7. The predicted octanol–water partition coefficient (Wildman–Crippen LogP) is 3.45. The summed E-state index contributed by atoms with van der Waals surface area (Å²) in [4.78, 5) is 27.6. The van der Waals surface area contributed by atoms with Gasteiger partial charge in [0, 0.05) is 60.5 Å². The Morgan fingerprint density at radius 1 is 1.30 bits per heavy atom. The Labute approximate surface area is 176 Å². The van der Waals surface area contributed by atoms with Crippen molar-refractivity contribution in [3.8, 4) is 0 Å². The number of H-pyrrole nitrogens is 1. The minimum Gasteiger partial charge on any atom is -0.382 e. The monoisotopic (exact) mass is 408 g/mol. The van der Waals surface area contributed by atoms with E-state index >= 15 is 0 Å². The first kappa shape index (κ1) is 20.5. The number of aromatic nitrogens is 3. The van der Waals surface area contributed by atoms with Gasteiger partial charge in [-0.1, -0.05) is 6.07 Å². The Morgan fingerprint density at radius 3 is 3.07 bits per heavy atom. The van der Waals surface area contributed by atoms with Gasteiger partial charge in [0.1, 0.15) is 5.82 Å². The molecule has 1 fully saturated rings. The van der Waals surface area contributed by atoms with Gasteiger partial charge in [-0.25, -0.2) is 9.97 Å². The third kappa shape index (κ3) is 4.37. The van der Waals surface area contributed by atoms with Crippen LogP contribution < -0.4 is 0 Å². The molecule has 158 valence electrons. The average molecular weight is 409 g/mol. The number of methoxy groups -OCH3 is 1. The summed E-state index contributed by atoms with van der Waals surface area (Å²) in [7, 11) is 1.66. The molecular formula is C23H28N4O3. The number of hydrogen-bond acceptors (Lipinski definition) is 5. The summed E-state index contributed by atoms with van der Waals surface area (Å²) in [6.07, 6.45) is 5.68. The summed E-state index contributed by atoms with van der Waals surface area (Å²) in [5.74, 6) is 0.996. The second-order valence-corrected chi connectivity index (χ2v) is 7.71. The van der Waals surface area contributed by atoms with Gasteiger partial charge in [0.15, 0.2) is 0 Å². The van der Waals surface area contributed by atoms with Crippen molar-refractivity contribution in [2.24, 2.45) is 0 Å². The highest BCUT2D eigenvalue weighted by molar-refractivity contribution is 6.06. The molecule has 1 aliphatic rings.